The van der Waals surface area contributed by atoms with Crippen molar-refractivity contribution in [3.63, 3.8) is 0 Å². The summed E-state index contributed by atoms with van der Waals surface area (Å²) >= 11 is 0. The first-order chi connectivity index (χ1) is 14.7. The third kappa shape index (κ3) is 3.47. The van der Waals surface area contributed by atoms with E-state index in [1.54, 1.807) is 18.2 Å². The number of carboxylic acids is 2. The number of carbonyl (C=O) groups is 3. The lowest BCUT2D eigenvalue weighted by Crippen LogP contribution is -2.26. The number of carboxylic acid groups (broad SMARTS) is 2. The van der Waals surface area contributed by atoms with E-state index >= 15 is 0 Å². The molecule has 0 aliphatic heterocycles. The molecule has 4 rings (SSSR count). The zero-order valence-electron chi connectivity index (χ0n) is 15.7. The fraction of sp³-hybridized carbons (Fsp3) is 0.100. The summed E-state index contributed by atoms with van der Waals surface area (Å²) < 4.78 is 5.52. The van der Waals surface area contributed by atoms with Gasteiger partial charge in [0.15, 0.2) is 12.4 Å². The van der Waals surface area contributed by atoms with Crippen molar-refractivity contribution in [1.82, 2.24) is 0 Å². The molecule has 1 unspecified atom stereocenters. The summed E-state index contributed by atoms with van der Waals surface area (Å²) in [5.41, 5.74) is 5.25. The number of carbonyl (C=O) groups excluding carboxylic acids is 1. The van der Waals surface area contributed by atoms with Crippen LogP contribution in [-0.2, 0) is 25.0 Å². The maximum Gasteiger partial charge on any atom is 0.348 e. The second kappa shape index (κ2) is 7.23. The molecule has 1 atom stereocenters. The smallest absolute Gasteiger partial charge is 0.348 e. The molecule has 2 aromatic carbocycles. The maximum atomic E-state index is 12.6. The molecule has 0 radical (unpaired) electrons. The molecular weight excluding hydrogens is 410 g/mol. The van der Waals surface area contributed by atoms with Gasteiger partial charge in [0.1, 0.15) is 11.4 Å². The summed E-state index contributed by atoms with van der Waals surface area (Å²) in [6.45, 7) is -0.829. The van der Waals surface area contributed by atoms with Gasteiger partial charge in [-0.25, -0.2) is 19.4 Å². The summed E-state index contributed by atoms with van der Waals surface area (Å²) in [5.74, 6) is -3.39. The van der Waals surface area contributed by atoms with Crippen molar-refractivity contribution in [3.8, 4) is 0 Å². The average Bonchev–Trinajstić information content (AvgIpc) is 3.14. The lowest BCUT2D eigenvalue weighted by molar-refractivity contribution is -0.333. The van der Waals surface area contributed by atoms with Gasteiger partial charge in [-0.1, -0.05) is 6.07 Å². The zero-order valence-corrected chi connectivity index (χ0v) is 15.7. The van der Waals surface area contributed by atoms with Crippen molar-refractivity contribution in [2.75, 3.05) is 11.9 Å². The number of anilines is 1. The number of rotatable bonds is 8. The van der Waals surface area contributed by atoms with Crippen LogP contribution in [0.2, 0.25) is 0 Å². The van der Waals surface area contributed by atoms with Crippen LogP contribution in [0.1, 0.15) is 27.2 Å². The Hall–Kier alpha value is -4.22. The Morgan fingerprint density at radius 3 is 2.55 bits per heavy atom. The molecule has 0 saturated carbocycles. The largest absolute Gasteiger partial charge is 0.479 e. The molecule has 11 heteroatoms. The van der Waals surface area contributed by atoms with Gasteiger partial charge in [0.2, 0.25) is 0 Å². The first-order valence-electron chi connectivity index (χ1n) is 8.82. The number of furan rings is 1. The van der Waals surface area contributed by atoms with Crippen LogP contribution in [0, 0.1) is 5.41 Å². The molecule has 11 nitrogen and oxygen atoms in total. The Bertz CT molecular complexity index is 1260. The van der Waals surface area contributed by atoms with E-state index in [9.17, 15) is 19.5 Å². The molecule has 1 amide bonds. The highest BCUT2D eigenvalue weighted by molar-refractivity contribution is 6.06. The van der Waals surface area contributed by atoms with E-state index in [2.05, 4.69) is 10.2 Å². The minimum Gasteiger partial charge on any atom is -0.479 e. The van der Waals surface area contributed by atoms with Gasteiger partial charge in [-0.15, -0.1) is 0 Å². The van der Waals surface area contributed by atoms with E-state index in [0.717, 1.165) is 0 Å². The molecule has 1 aliphatic rings. The average molecular weight is 425 g/mol. The van der Waals surface area contributed by atoms with Crippen molar-refractivity contribution in [2.45, 2.75) is 5.60 Å². The van der Waals surface area contributed by atoms with Crippen LogP contribution < -0.4 is 11.1 Å². The molecule has 0 spiro atoms. The Balaban J connectivity index is 1.52. The highest BCUT2D eigenvalue weighted by atomic mass is 17.2. The van der Waals surface area contributed by atoms with Gasteiger partial charge in [-0.05, 0) is 36.4 Å². The summed E-state index contributed by atoms with van der Waals surface area (Å²) in [5, 5.41) is 28.8. The molecule has 158 valence electrons. The predicted molar refractivity (Wildman–Crippen MR) is 105 cm³/mol. The number of aliphatic carboxylic acids is 2. The molecule has 0 fully saturated rings. The van der Waals surface area contributed by atoms with Gasteiger partial charge in [0.05, 0.1) is 0 Å². The van der Waals surface area contributed by atoms with E-state index in [1.807, 2.05) is 0 Å². The monoisotopic (exact) mass is 425 g/mol. The van der Waals surface area contributed by atoms with Gasteiger partial charge in [-0.2, -0.15) is 0 Å². The van der Waals surface area contributed by atoms with Crippen LogP contribution in [0.3, 0.4) is 0 Å². The Morgan fingerprint density at radius 2 is 1.87 bits per heavy atom. The standard InChI is InChI=1S/C20H15N3O8/c21-17(22)9-1-4-14-10(5-9)6-15(30-14)18(26)23-11-2-3-12-13(7-11)20(12,19(27)28)31-29-8-16(24)25/h1-7H,8H2,(H3,21,22)(H,23,26)(H,24,25)(H,27,28). The highest BCUT2D eigenvalue weighted by Gasteiger charge is 2.61. The third-order valence-corrected chi connectivity index (χ3v) is 4.69. The second-order valence-corrected chi connectivity index (χ2v) is 6.72. The Labute approximate surface area is 173 Å². The molecule has 0 bridgehead atoms. The minimum absolute atomic E-state index is 0.00566. The fourth-order valence-corrected chi connectivity index (χ4v) is 3.18. The number of nitrogen functional groups attached to an aromatic ring is 1. The zero-order chi connectivity index (χ0) is 22.3. The second-order valence-electron chi connectivity index (χ2n) is 6.72. The molecule has 31 heavy (non-hydrogen) atoms. The lowest BCUT2D eigenvalue weighted by atomic mass is 10.1. The summed E-state index contributed by atoms with van der Waals surface area (Å²) in [6.07, 6.45) is 0. The van der Waals surface area contributed by atoms with E-state index < -0.39 is 30.1 Å². The number of hydrogen-bond donors (Lipinski definition) is 5. The highest BCUT2D eigenvalue weighted by Crippen LogP contribution is 2.52. The number of fused-ring (bicyclic) bond motifs is 2. The van der Waals surface area contributed by atoms with Gasteiger partial charge < -0.3 is 25.7 Å². The van der Waals surface area contributed by atoms with Crippen molar-refractivity contribution < 1.29 is 38.8 Å². The van der Waals surface area contributed by atoms with E-state index in [0.29, 0.717) is 16.5 Å². The predicted octanol–water partition coefficient (Wildman–Crippen LogP) is 1.64. The SMILES string of the molecule is N=C(N)c1ccc2oc(C(=O)Nc3ccc4c(c3)C4(OOCC(=O)O)C(=O)O)cc2c1. The van der Waals surface area contributed by atoms with Crippen molar-refractivity contribution in [3.05, 3.63) is 64.9 Å². The molecule has 3 aromatic rings. The van der Waals surface area contributed by atoms with Crippen LogP contribution in [0.15, 0.2) is 46.9 Å². The third-order valence-electron chi connectivity index (χ3n) is 4.69. The molecule has 6 N–H and O–H groups in total. The quantitative estimate of drug-likeness (QED) is 0.155. The van der Waals surface area contributed by atoms with Gasteiger partial charge in [-0.3, -0.25) is 10.2 Å². The molecule has 1 aromatic heterocycles. The van der Waals surface area contributed by atoms with Crippen LogP contribution in [-0.4, -0.2) is 40.5 Å². The molecule has 0 saturated heterocycles. The van der Waals surface area contributed by atoms with Crippen molar-refractivity contribution in [1.29, 1.82) is 5.41 Å². The normalized spacial score (nSPS) is 16.5. The van der Waals surface area contributed by atoms with Crippen LogP contribution >= 0.6 is 0 Å². The topological polar surface area (TPSA) is 185 Å². The number of amidine groups is 1. The maximum absolute atomic E-state index is 12.6. The summed E-state index contributed by atoms with van der Waals surface area (Å²) in [7, 11) is 0. The van der Waals surface area contributed by atoms with Gasteiger partial charge in [0, 0.05) is 27.8 Å². The number of amides is 1. The summed E-state index contributed by atoms with van der Waals surface area (Å²) in [6, 6.07) is 10.6. The Kier molecular flexibility index (Phi) is 4.68. The number of benzene rings is 2. The van der Waals surface area contributed by atoms with E-state index in [-0.39, 0.29) is 28.4 Å². The van der Waals surface area contributed by atoms with Crippen LogP contribution in [0.25, 0.3) is 11.0 Å². The number of hydrogen-bond acceptors (Lipinski definition) is 7. The molecular formula is C20H15N3O8. The number of nitrogens with one attached hydrogen (secondary N) is 2. The van der Waals surface area contributed by atoms with E-state index in [1.165, 1.54) is 24.3 Å². The first-order valence-corrected chi connectivity index (χ1v) is 8.82. The van der Waals surface area contributed by atoms with Gasteiger partial charge in [0.25, 0.3) is 11.5 Å². The van der Waals surface area contributed by atoms with E-state index in [4.69, 9.17) is 25.6 Å². The molecule has 1 aliphatic carbocycles. The first kappa shape index (κ1) is 20.1. The van der Waals surface area contributed by atoms with Crippen LogP contribution in [0.5, 0.6) is 0 Å². The van der Waals surface area contributed by atoms with Gasteiger partial charge >= 0.3 is 11.9 Å². The van der Waals surface area contributed by atoms with Crippen molar-refractivity contribution in [2.24, 2.45) is 5.73 Å². The fourth-order valence-electron chi connectivity index (χ4n) is 3.18. The summed E-state index contributed by atoms with van der Waals surface area (Å²) in [4.78, 5) is 44.1. The minimum atomic E-state index is -1.92. The van der Waals surface area contributed by atoms with Crippen molar-refractivity contribution >= 4 is 40.3 Å². The van der Waals surface area contributed by atoms with Crippen LogP contribution in [0.4, 0.5) is 5.69 Å². The Morgan fingerprint density at radius 1 is 1.10 bits per heavy atom. The number of nitrogens with two attached hydrogens (primary N) is 1. The molecule has 1 heterocycles. The lowest BCUT2D eigenvalue weighted by Gasteiger charge is -2.09.